The Bertz CT molecular complexity index is 980. The third-order valence-corrected chi connectivity index (χ3v) is 5.37. The minimum Gasteiger partial charge on any atom is -0.508 e. The van der Waals surface area contributed by atoms with E-state index in [4.69, 9.17) is 0 Å². The topological polar surface area (TPSA) is 66.6 Å². The highest BCUT2D eigenvalue weighted by atomic mass is 16.6. The number of nitro benzene ring substituents is 1. The zero-order valence-corrected chi connectivity index (χ0v) is 15.0. The van der Waals surface area contributed by atoms with Gasteiger partial charge in [-0.15, -0.1) is 0 Å². The summed E-state index contributed by atoms with van der Waals surface area (Å²) in [4.78, 5) is 13.3. The van der Waals surface area contributed by atoms with Gasteiger partial charge in [-0.1, -0.05) is 48.9 Å². The number of hydrogen-bond acceptors (Lipinski definition) is 4. The van der Waals surface area contributed by atoms with E-state index in [1.807, 2.05) is 36.4 Å². The lowest BCUT2D eigenvalue weighted by molar-refractivity contribution is -0.384. The minimum atomic E-state index is -0.361. The van der Waals surface area contributed by atoms with Crippen LogP contribution >= 0.6 is 0 Å². The number of fused-ring (bicyclic) bond motifs is 1. The Morgan fingerprint density at radius 2 is 1.74 bits per heavy atom. The maximum absolute atomic E-state index is 11.3. The van der Waals surface area contributed by atoms with E-state index in [1.54, 1.807) is 18.2 Å². The van der Waals surface area contributed by atoms with E-state index in [9.17, 15) is 15.2 Å². The first kappa shape index (κ1) is 17.5. The molecule has 138 valence electrons. The van der Waals surface area contributed by atoms with Crippen molar-refractivity contribution in [1.29, 1.82) is 0 Å². The van der Waals surface area contributed by atoms with Crippen LogP contribution in [-0.2, 0) is 0 Å². The summed E-state index contributed by atoms with van der Waals surface area (Å²) < 4.78 is 0. The number of piperidine rings is 1. The van der Waals surface area contributed by atoms with Crippen molar-refractivity contribution in [1.82, 2.24) is 4.90 Å². The average molecular weight is 362 g/mol. The van der Waals surface area contributed by atoms with Gasteiger partial charge in [-0.2, -0.15) is 0 Å². The molecule has 0 amide bonds. The highest BCUT2D eigenvalue weighted by molar-refractivity contribution is 5.88. The second-order valence-corrected chi connectivity index (χ2v) is 7.07. The molecule has 1 aliphatic rings. The van der Waals surface area contributed by atoms with Gasteiger partial charge in [-0.25, -0.2) is 0 Å². The number of phenolic OH excluding ortho intramolecular Hbond substituents is 1. The molecule has 5 nitrogen and oxygen atoms in total. The maximum Gasteiger partial charge on any atom is 0.269 e. The second kappa shape index (κ2) is 7.37. The fraction of sp³-hybridized carbons (Fsp3) is 0.273. The number of hydrogen-bond donors (Lipinski definition) is 1. The van der Waals surface area contributed by atoms with E-state index in [2.05, 4.69) is 4.90 Å². The van der Waals surface area contributed by atoms with Crippen LogP contribution in [0.1, 0.15) is 36.4 Å². The van der Waals surface area contributed by atoms with Gasteiger partial charge in [0.15, 0.2) is 0 Å². The number of phenols is 1. The summed E-state index contributed by atoms with van der Waals surface area (Å²) in [6.45, 7) is 1.83. The molecule has 0 aromatic heterocycles. The highest BCUT2D eigenvalue weighted by Crippen LogP contribution is 2.40. The van der Waals surface area contributed by atoms with Crippen molar-refractivity contribution in [2.75, 3.05) is 13.1 Å². The molecule has 0 saturated carbocycles. The second-order valence-electron chi connectivity index (χ2n) is 7.07. The summed E-state index contributed by atoms with van der Waals surface area (Å²) in [7, 11) is 0. The predicted molar refractivity (Wildman–Crippen MR) is 106 cm³/mol. The number of non-ortho nitro benzene ring substituents is 1. The van der Waals surface area contributed by atoms with Crippen molar-refractivity contribution in [3.05, 3.63) is 81.9 Å². The minimum absolute atomic E-state index is 0.0780. The van der Waals surface area contributed by atoms with Crippen molar-refractivity contribution in [2.24, 2.45) is 0 Å². The molecule has 4 rings (SSSR count). The fourth-order valence-electron chi connectivity index (χ4n) is 4.12. The summed E-state index contributed by atoms with van der Waals surface area (Å²) in [5.74, 6) is 0.232. The monoisotopic (exact) mass is 362 g/mol. The van der Waals surface area contributed by atoms with E-state index in [0.717, 1.165) is 47.8 Å². The summed E-state index contributed by atoms with van der Waals surface area (Å²) in [6.07, 6.45) is 3.38. The van der Waals surface area contributed by atoms with E-state index < -0.39 is 0 Å². The van der Waals surface area contributed by atoms with Gasteiger partial charge in [0.1, 0.15) is 5.75 Å². The Balaban J connectivity index is 1.93. The lowest BCUT2D eigenvalue weighted by Crippen LogP contribution is -2.34. The molecule has 5 heteroatoms. The van der Waals surface area contributed by atoms with Crippen LogP contribution in [-0.4, -0.2) is 28.0 Å². The van der Waals surface area contributed by atoms with Crippen LogP contribution < -0.4 is 0 Å². The van der Waals surface area contributed by atoms with Gasteiger partial charge in [-0.05, 0) is 48.3 Å². The standard InChI is InChI=1S/C22H22N2O3/c25-20-12-11-16-7-2-3-10-19(16)21(20)22(23-13-4-1-5-14-23)17-8-6-9-18(15-17)24(26)27/h2-3,6-12,15,22,25H,1,4-5,13-14H2. The number of nitro groups is 1. The molecular weight excluding hydrogens is 340 g/mol. The van der Waals surface area contributed by atoms with Crippen molar-refractivity contribution in [2.45, 2.75) is 25.3 Å². The summed E-state index contributed by atoms with van der Waals surface area (Å²) in [5.41, 5.74) is 1.75. The Kier molecular flexibility index (Phi) is 4.77. The number of likely N-dealkylation sites (tertiary alicyclic amines) is 1. The lowest BCUT2D eigenvalue weighted by Gasteiger charge is -2.36. The summed E-state index contributed by atoms with van der Waals surface area (Å²) in [6, 6.07) is 18.2. The molecule has 0 bridgehead atoms. The Morgan fingerprint density at radius 3 is 2.52 bits per heavy atom. The van der Waals surface area contributed by atoms with E-state index >= 15 is 0 Å². The van der Waals surface area contributed by atoms with Crippen molar-refractivity contribution >= 4 is 16.5 Å². The molecule has 3 aromatic carbocycles. The predicted octanol–water partition coefficient (Wildman–Crippen LogP) is 5.03. The van der Waals surface area contributed by atoms with Crippen LogP contribution in [0.2, 0.25) is 0 Å². The average Bonchev–Trinajstić information content (AvgIpc) is 2.71. The molecule has 27 heavy (non-hydrogen) atoms. The zero-order chi connectivity index (χ0) is 18.8. The third kappa shape index (κ3) is 3.38. The van der Waals surface area contributed by atoms with Crippen molar-refractivity contribution in [3.8, 4) is 5.75 Å². The zero-order valence-electron chi connectivity index (χ0n) is 15.0. The molecule has 0 spiro atoms. The number of nitrogens with zero attached hydrogens (tertiary/aromatic N) is 2. The van der Waals surface area contributed by atoms with E-state index in [0.29, 0.717) is 0 Å². The Hall–Kier alpha value is -2.92. The van der Waals surface area contributed by atoms with Crippen LogP contribution in [0.25, 0.3) is 10.8 Å². The van der Waals surface area contributed by atoms with Gasteiger partial charge in [0.05, 0.1) is 11.0 Å². The van der Waals surface area contributed by atoms with Gasteiger partial charge in [0.25, 0.3) is 5.69 Å². The first-order chi connectivity index (χ1) is 13.1. The fourth-order valence-corrected chi connectivity index (χ4v) is 4.12. The number of benzene rings is 3. The van der Waals surface area contributed by atoms with E-state index in [1.165, 1.54) is 12.5 Å². The smallest absolute Gasteiger partial charge is 0.269 e. The third-order valence-electron chi connectivity index (χ3n) is 5.37. The normalized spacial score (nSPS) is 16.3. The highest BCUT2D eigenvalue weighted by Gasteiger charge is 2.28. The maximum atomic E-state index is 11.3. The summed E-state index contributed by atoms with van der Waals surface area (Å²) in [5, 5.41) is 24.1. The van der Waals surface area contributed by atoms with Gasteiger partial charge < -0.3 is 5.11 Å². The van der Waals surface area contributed by atoms with Crippen LogP contribution in [0.4, 0.5) is 5.69 Å². The Morgan fingerprint density at radius 1 is 0.963 bits per heavy atom. The van der Waals surface area contributed by atoms with Gasteiger partial charge in [0, 0.05) is 17.7 Å². The lowest BCUT2D eigenvalue weighted by atomic mass is 9.90. The van der Waals surface area contributed by atoms with Crippen molar-refractivity contribution < 1.29 is 10.0 Å². The molecule has 1 fully saturated rings. The van der Waals surface area contributed by atoms with Gasteiger partial charge >= 0.3 is 0 Å². The summed E-state index contributed by atoms with van der Waals surface area (Å²) >= 11 is 0. The van der Waals surface area contributed by atoms with Crippen LogP contribution in [0.15, 0.2) is 60.7 Å². The molecule has 0 radical (unpaired) electrons. The SMILES string of the molecule is O=[N+]([O-])c1cccc(C(c2c(O)ccc3ccccc23)N2CCCCC2)c1. The van der Waals surface area contributed by atoms with Crippen LogP contribution in [0, 0.1) is 10.1 Å². The molecule has 1 unspecified atom stereocenters. The van der Waals surface area contributed by atoms with Crippen molar-refractivity contribution in [3.63, 3.8) is 0 Å². The quantitative estimate of drug-likeness (QED) is 0.522. The van der Waals surface area contributed by atoms with Crippen LogP contribution in [0.5, 0.6) is 5.75 Å². The molecule has 1 N–H and O–H groups in total. The molecule has 0 aliphatic carbocycles. The first-order valence-corrected chi connectivity index (χ1v) is 9.34. The largest absolute Gasteiger partial charge is 0.508 e. The number of aromatic hydroxyl groups is 1. The Labute approximate surface area is 158 Å². The molecular formula is C22H22N2O3. The number of rotatable bonds is 4. The molecule has 1 atom stereocenters. The molecule has 1 heterocycles. The van der Waals surface area contributed by atoms with Gasteiger partial charge in [0.2, 0.25) is 0 Å². The molecule has 1 saturated heterocycles. The van der Waals surface area contributed by atoms with E-state index in [-0.39, 0.29) is 22.4 Å². The molecule has 3 aromatic rings. The van der Waals surface area contributed by atoms with Gasteiger partial charge in [-0.3, -0.25) is 15.0 Å². The first-order valence-electron chi connectivity index (χ1n) is 9.34. The van der Waals surface area contributed by atoms with Crippen LogP contribution in [0.3, 0.4) is 0 Å². The molecule has 1 aliphatic heterocycles.